The van der Waals surface area contributed by atoms with E-state index < -0.39 is 0 Å². The van der Waals surface area contributed by atoms with Crippen LogP contribution in [0.15, 0.2) is 4.99 Å². The molecule has 9 heteroatoms. The fourth-order valence-electron chi connectivity index (χ4n) is 3.92. The number of nitrogens with one attached hydrogen (secondary N) is 1. The molecule has 2 saturated heterocycles. The lowest BCUT2D eigenvalue weighted by Gasteiger charge is -2.23. The van der Waals surface area contributed by atoms with E-state index in [9.17, 15) is 0 Å². The normalized spacial score (nSPS) is 20.6. The first-order valence-corrected chi connectivity index (χ1v) is 11.7. The number of aliphatic imine (C=N–C) groups is 1. The molecule has 1 unspecified atom stereocenters. The third-order valence-corrected chi connectivity index (χ3v) is 6.36. The summed E-state index contributed by atoms with van der Waals surface area (Å²) in [6.45, 7) is 9.57. The molecule has 1 N–H and O–H groups in total. The Labute approximate surface area is 191 Å². The second kappa shape index (κ2) is 12.2. The minimum Gasteiger partial charge on any atom is -0.356 e. The fraction of sp³-hybridized carbons (Fsp3) is 0.842. The van der Waals surface area contributed by atoms with Gasteiger partial charge in [0.25, 0.3) is 0 Å². The van der Waals surface area contributed by atoms with E-state index in [4.69, 9.17) is 4.99 Å². The van der Waals surface area contributed by atoms with Gasteiger partial charge in [0.2, 0.25) is 0 Å². The first-order chi connectivity index (χ1) is 13.2. The van der Waals surface area contributed by atoms with Crippen molar-refractivity contribution < 1.29 is 0 Å². The molecule has 1 aromatic heterocycles. The van der Waals surface area contributed by atoms with Gasteiger partial charge in [-0.15, -0.1) is 34.2 Å². The molecular weight excluding hydrogens is 485 g/mol. The van der Waals surface area contributed by atoms with Crippen LogP contribution in [-0.2, 0) is 13.6 Å². The molecule has 0 aliphatic carbocycles. The van der Waals surface area contributed by atoms with E-state index in [0.717, 1.165) is 49.6 Å². The largest absolute Gasteiger partial charge is 0.356 e. The predicted octanol–water partition coefficient (Wildman–Crippen LogP) is 2.36. The minimum atomic E-state index is 0. The summed E-state index contributed by atoms with van der Waals surface area (Å²) >= 11 is 1.90. The maximum absolute atomic E-state index is 4.90. The zero-order chi connectivity index (χ0) is 19.1. The molecule has 0 radical (unpaired) electrons. The van der Waals surface area contributed by atoms with E-state index in [1.165, 1.54) is 44.6 Å². The Morgan fingerprint density at radius 2 is 2.04 bits per heavy atom. The van der Waals surface area contributed by atoms with Crippen LogP contribution in [0.3, 0.4) is 0 Å². The van der Waals surface area contributed by atoms with Gasteiger partial charge in [0, 0.05) is 33.2 Å². The number of guanidine groups is 1. The summed E-state index contributed by atoms with van der Waals surface area (Å²) in [7, 11) is 2.01. The van der Waals surface area contributed by atoms with Crippen LogP contribution in [0, 0.1) is 12.8 Å². The molecule has 0 spiro atoms. The SMILES string of the molecule is CSCCCNC(=NCc1nnc(C)n1C)N1CCC(CN2CCCC2)C1.I. The van der Waals surface area contributed by atoms with Crippen molar-refractivity contribution in [2.75, 3.05) is 51.3 Å². The van der Waals surface area contributed by atoms with Gasteiger partial charge >= 0.3 is 0 Å². The summed E-state index contributed by atoms with van der Waals surface area (Å²) in [5.41, 5.74) is 0. The third-order valence-electron chi connectivity index (χ3n) is 5.66. The Balaban J connectivity index is 0.00000280. The monoisotopic (exact) mass is 521 g/mol. The second-order valence-electron chi connectivity index (χ2n) is 7.74. The molecule has 0 amide bonds. The molecule has 2 fully saturated rings. The lowest BCUT2D eigenvalue weighted by molar-refractivity contribution is 0.281. The van der Waals surface area contributed by atoms with Gasteiger partial charge in [0.15, 0.2) is 11.8 Å². The molecule has 1 atom stereocenters. The standard InChI is InChI=1S/C19H35N7S.HI/c1-16-22-23-18(24(16)2)13-21-19(20-8-6-12-27-3)26-11-7-17(15-26)14-25-9-4-5-10-25;/h17H,4-15H2,1-3H3,(H,20,21);1H. The number of aryl methyl sites for hydroxylation is 1. The quantitative estimate of drug-likeness (QED) is 0.245. The lowest BCUT2D eigenvalue weighted by Crippen LogP contribution is -2.41. The van der Waals surface area contributed by atoms with Crippen LogP contribution >= 0.6 is 35.7 Å². The lowest BCUT2D eigenvalue weighted by atomic mass is 10.1. The number of hydrogen-bond donors (Lipinski definition) is 1. The van der Waals surface area contributed by atoms with Crippen LogP contribution in [0.25, 0.3) is 0 Å². The molecule has 7 nitrogen and oxygen atoms in total. The molecular formula is C19H36IN7S. The molecule has 3 rings (SSSR count). The number of thioether (sulfide) groups is 1. The average molecular weight is 522 g/mol. The van der Waals surface area contributed by atoms with E-state index in [0.29, 0.717) is 6.54 Å². The number of halogens is 1. The van der Waals surface area contributed by atoms with E-state index in [-0.39, 0.29) is 24.0 Å². The first kappa shape index (κ1) is 23.7. The van der Waals surface area contributed by atoms with Gasteiger partial charge in [-0.25, -0.2) is 4.99 Å². The summed E-state index contributed by atoms with van der Waals surface area (Å²) < 4.78 is 2.02. The van der Waals surface area contributed by atoms with Crippen LogP contribution < -0.4 is 5.32 Å². The molecule has 3 heterocycles. The van der Waals surface area contributed by atoms with Gasteiger partial charge in [-0.1, -0.05) is 0 Å². The Kier molecular flexibility index (Phi) is 10.4. The molecule has 0 saturated carbocycles. The van der Waals surface area contributed by atoms with Gasteiger partial charge < -0.3 is 19.7 Å². The van der Waals surface area contributed by atoms with Crippen LogP contribution in [0.2, 0.25) is 0 Å². The number of rotatable bonds is 8. The Bertz CT molecular complexity index is 615. The molecule has 1 aromatic rings. The summed E-state index contributed by atoms with van der Waals surface area (Å²) in [5, 5.41) is 12.0. The fourth-order valence-corrected chi connectivity index (χ4v) is 4.36. The van der Waals surface area contributed by atoms with Crippen LogP contribution in [-0.4, -0.2) is 81.8 Å². The number of likely N-dealkylation sites (tertiary alicyclic amines) is 2. The molecule has 28 heavy (non-hydrogen) atoms. The van der Waals surface area contributed by atoms with Crippen LogP contribution in [0.5, 0.6) is 0 Å². The van der Waals surface area contributed by atoms with Crippen molar-refractivity contribution in [3.8, 4) is 0 Å². The van der Waals surface area contributed by atoms with Gasteiger partial charge in [0.05, 0.1) is 0 Å². The van der Waals surface area contributed by atoms with Crippen molar-refractivity contribution in [1.29, 1.82) is 0 Å². The van der Waals surface area contributed by atoms with E-state index in [2.05, 4.69) is 31.6 Å². The Hall–Kier alpha value is -0.550. The summed E-state index contributed by atoms with van der Waals surface area (Å²) in [5.74, 6) is 4.84. The van der Waals surface area contributed by atoms with Gasteiger partial charge in [0.1, 0.15) is 12.4 Å². The highest BCUT2D eigenvalue weighted by molar-refractivity contribution is 14.0. The highest BCUT2D eigenvalue weighted by Crippen LogP contribution is 2.20. The van der Waals surface area contributed by atoms with E-state index >= 15 is 0 Å². The van der Waals surface area contributed by atoms with Crippen LogP contribution in [0.4, 0.5) is 0 Å². The van der Waals surface area contributed by atoms with E-state index in [1.54, 1.807) is 0 Å². The van der Waals surface area contributed by atoms with E-state index in [1.807, 2.05) is 30.3 Å². The molecule has 0 bridgehead atoms. The number of hydrogen-bond acceptors (Lipinski definition) is 5. The third kappa shape index (κ3) is 6.76. The highest BCUT2D eigenvalue weighted by atomic mass is 127. The topological polar surface area (TPSA) is 61.6 Å². The van der Waals surface area contributed by atoms with Gasteiger partial charge in [-0.3, -0.25) is 0 Å². The average Bonchev–Trinajstić information content (AvgIpc) is 3.40. The first-order valence-electron chi connectivity index (χ1n) is 10.3. The van der Waals surface area contributed by atoms with Gasteiger partial charge in [-0.05, 0) is 63.6 Å². The van der Waals surface area contributed by atoms with Crippen molar-refractivity contribution in [3.05, 3.63) is 11.6 Å². The van der Waals surface area contributed by atoms with Crippen molar-refractivity contribution in [3.63, 3.8) is 0 Å². The summed E-state index contributed by atoms with van der Waals surface area (Å²) in [4.78, 5) is 9.99. The number of nitrogens with zero attached hydrogens (tertiary/aromatic N) is 6. The zero-order valence-electron chi connectivity index (χ0n) is 17.6. The molecule has 2 aliphatic rings. The predicted molar refractivity (Wildman–Crippen MR) is 129 cm³/mol. The van der Waals surface area contributed by atoms with Crippen molar-refractivity contribution in [2.45, 2.75) is 39.2 Å². The zero-order valence-corrected chi connectivity index (χ0v) is 20.7. The molecule has 2 aliphatic heterocycles. The Morgan fingerprint density at radius 1 is 1.25 bits per heavy atom. The summed E-state index contributed by atoms with van der Waals surface area (Å²) in [6.07, 6.45) is 7.34. The smallest absolute Gasteiger partial charge is 0.194 e. The molecule has 0 aromatic carbocycles. The highest BCUT2D eigenvalue weighted by Gasteiger charge is 2.27. The molecule has 160 valence electrons. The number of aromatic nitrogens is 3. The Morgan fingerprint density at radius 3 is 2.71 bits per heavy atom. The summed E-state index contributed by atoms with van der Waals surface area (Å²) in [6, 6.07) is 0. The van der Waals surface area contributed by atoms with Crippen LogP contribution in [0.1, 0.15) is 37.3 Å². The minimum absolute atomic E-state index is 0. The second-order valence-corrected chi connectivity index (χ2v) is 8.73. The maximum Gasteiger partial charge on any atom is 0.194 e. The maximum atomic E-state index is 4.90. The van der Waals surface area contributed by atoms with Crippen molar-refractivity contribution >= 4 is 41.7 Å². The van der Waals surface area contributed by atoms with Gasteiger partial charge in [-0.2, -0.15) is 11.8 Å². The van der Waals surface area contributed by atoms with Crippen molar-refractivity contribution in [2.24, 2.45) is 18.0 Å². The van der Waals surface area contributed by atoms with Crippen molar-refractivity contribution in [1.82, 2.24) is 29.9 Å².